The quantitative estimate of drug-likeness (QED) is 0.798. The Labute approximate surface area is 121 Å². The summed E-state index contributed by atoms with van der Waals surface area (Å²) in [6, 6.07) is 7.07. The Morgan fingerprint density at radius 2 is 1.95 bits per heavy atom. The number of nitriles is 1. The highest BCUT2D eigenvalue weighted by molar-refractivity contribution is 5.63. The summed E-state index contributed by atoms with van der Waals surface area (Å²) in [4.78, 5) is 0. The standard InChI is InChI=1S/C16H16F3NO/c1-4-15(16(17,18)19)8-7-11-5-6-12(9-13(11)21-15)14(2,3)10-20/h5-9H,4H2,1-3H3. The van der Waals surface area contributed by atoms with E-state index in [4.69, 9.17) is 10.00 Å². The summed E-state index contributed by atoms with van der Waals surface area (Å²) in [5.41, 5.74) is -1.87. The Morgan fingerprint density at radius 3 is 2.48 bits per heavy atom. The van der Waals surface area contributed by atoms with Gasteiger partial charge in [0.15, 0.2) is 0 Å². The van der Waals surface area contributed by atoms with Gasteiger partial charge in [-0.05, 0) is 38.0 Å². The second kappa shape index (κ2) is 4.80. The number of ether oxygens (including phenoxy) is 1. The van der Waals surface area contributed by atoms with Crippen LogP contribution in [0.25, 0.3) is 6.08 Å². The molecule has 1 aromatic rings. The predicted octanol–water partition coefficient (Wildman–Crippen LogP) is 4.60. The van der Waals surface area contributed by atoms with Crippen LogP contribution in [0.1, 0.15) is 38.3 Å². The number of hydrogen-bond acceptors (Lipinski definition) is 2. The number of fused-ring (bicyclic) bond motifs is 1. The third-order valence-corrected chi connectivity index (χ3v) is 3.84. The van der Waals surface area contributed by atoms with E-state index in [0.717, 1.165) is 6.08 Å². The number of alkyl halides is 3. The maximum atomic E-state index is 13.3. The van der Waals surface area contributed by atoms with Crippen molar-refractivity contribution in [2.24, 2.45) is 0 Å². The van der Waals surface area contributed by atoms with E-state index in [2.05, 4.69) is 6.07 Å². The van der Waals surface area contributed by atoms with Gasteiger partial charge in [0.1, 0.15) is 5.75 Å². The molecule has 1 heterocycles. The molecule has 112 valence electrons. The van der Waals surface area contributed by atoms with Crippen molar-refractivity contribution in [3.63, 3.8) is 0 Å². The average molecular weight is 295 g/mol. The van der Waals surface area contributed by atoms with Crippen molar-refractivity contribution in [3.05, 3.63) is 35.4 Å². The minimum absolute atomic E-state index is 0.164. The van der Waals surface area contributed by atoms with Gasteiger partial charge < -0.3 is 4.74 Å². The molecule has 2 nitrogen and oxygen atoms in total. The zero-order valence-corrected chi connectivity index (χ0v) is 12.1. The van der Waals surface area contributed by atoms with E-state index in [1.807, 2.05) is 0 Å². The zero-order chi connectivity index (χ0) is 15.9. The molecule has 0 saturated heterocycles. The smallest absolute Gasteiger partial charge is 0.432 e. The van der Waals surface area contributed by atoms with Gasteiger partial charge >= 0.3 is 6.18 Å². The first-order valence-corrected chi connectivity index (χ1v) is 6.66. The topological polar surface area (TPSA) is 33.0 Å². The number of hydrogen-bond donors (Lipinski definition) is 0. The normalized spacial score (nSPS) is 21.4. The van der Waals surface area contributed by atoms with Gasteiger partial charge in [-0.2, -0.15) is 18.4 Å². The molecule has 0 radical (unpaired) electrons. The second-order valence-corrected chi connectivity index (χ2v) is 5.67. The van der Waals surface area contributed by atoms with Crippen molar-refractivity contribution in [1.29, 1.82) is 5.26 Å². The second-order valence-electron chi connectivity index (χ2n) is 5.67. The maximum Gasteiger partial charge on any atom is 0.432 e. The molecule has 1 unspecified atom stereocenters. The Balaban J connectivity index is 2.49. The van der Waals surface area contributed by atoms with Crippen LogP contribution in [0.15, 0.2) is 24.3 Å². The third kappa shape index (κ3) is 2.51. The molecule has 5 heteroatoms. The van der Waals surface area contributed by atoms with Crippen LogP contribution >= 0.6 is 0 Å². The van der Waals surface area contributed by atoms with E-state index >= 15 is 0 Å². The summed E-state index contributed by atoms with van der Waals surface area (Å²) in [5.74, 6) is 0.164. The Morgan fingerprint density at radius 1 is 1.29 bits per heavy atom. The van der Waals surface area contributed by atoms with E-state index in [0.29, 0.717) is 11.1 Å². The molecule has 0 aliphatic carbocycles. The van der Waals surface area contributed by atoms with E-state index in [1.165, 1.54) is 19.1 Å². The number of nitrogens with zero attached hydrogens (tertiary/aromatic N) is 1. The monoisotopic (exact) mass is 295 g/mol. The molecule has 1 aromatic carbocycles. The summed E-state index contributed by atoms with van der Waals surface area (Å²) in [6.07, 6.45) is -2.21. The molecular weight excluding hydrogens is 279 g/mol. The Hall–Kier alpha value is -1.96. The summed E-state index contributed by atoms with van der Waals surface area (Å²) in [7, 11) is 0. The van der Waals surface area contributed by atoms with E-state index in [-0.39, 0.29) is 12.2 Å². The van der Waals surface area contributed by atoms with E-state index < -0.39 is 17.2 Å². The zero-order valence-electron chi connectivity index (χ0n) is 12.1. The van der Waals surface area contributed by atoms with Crippen molar-refractivity contribution in [2.45, 2.75) is 44.4 Å². The lowest BCUT2D eigenvalue weighted by atomic mass is 9.85. The summed E-state index contributed by atoms with van der Waals surface area (Å²) in [5, 5.41) is 9.14. The molecule has 0 spiro atoms. The molecule has 0 fully saturated rings. The average Bonchev–Trinajstić information content (AvgIpc) is 2.44. The van der Waals surface area contributed by atoms with Gasteiger partial charge in [-0.15, -0.1) is 0 Å². The summed E-state index contributed by atoms with van der Waals surface area (Å²) < 4.78 is 45.1. The molecule has 0 aromatic heterocycles. The number of rotatable bonds is 2. The Kier molecular flexibility index (Phi) is 3.53. The molecule has 0 amide bonds. The molecule has 1 aliphatic heterocycles. The van der Waals surface area contributed by atoms with Crippen molar-refractivity contribution in [3.8, 4) is 11.8 Å². The van der Waals surface area contributed by atoms with Gasteiger partial charge in [-0.1, -0.05) is 25.1 Å². The molecule has 1 aliphatic rings. The highest BCUT2D eigenvalue weighted by Gasteiger charge is 2.55. The summed E-state index contributed by atoms with van der Waals surface area (Å²) >= 11 is 0. The largest absolute Gasteiger partial charge is 0.473 e. The first-order chi connectivity index (χ1) is 9.65. The fourth-order valence-corrected chi connectivity index (χ4v) is 2.21. The number of halogens is 3. The van der Waals surface area contributed by atoms with Crippen molar-refractivity contribution < 1.29 is 17.9 Å². The molecule has 2 rings (SSSR count). The van der Waals surface area contributed by atoms with Gasteiger partial charge in [0.2, 0.25) is 5.60 Å². The third-order valence-electron chi connectivity index (χ3n) is 3.84. The van der Waals surface area contributed by atoms with Gasteiger partial charge in [0.25, 0.3) is 0 Å². The summed E-state index contributed by atoms with van der Waals surface area (Å²) in [6.45, 7) is 4.86. The van der Waals surface area contributed by atoms with E-state index in [9.17, 15) is 13.2 Å². The van der Waals surface area contributed by atoms with Gasteiger partial charge in [-0.3, -0.25) is 0 Å². The van der Waals surface area contributed by atoms with Gasteiger partial charge in [-0.25, -0.2) is 0 Å². The van der Waals surface area contributed by atoms with Crippen LogP contribution in [0.4, 0.5) is 13.2 Å². The van der Waals surface area contributed by atoms with Crippen LogP contribution in [0, 0.1) is 11.3 Å². The van der Waals surface area contributed by atoms with Crippen LogP contribution < -0.4 is 4.74 Å². The maximum absolute atomic E-state index is 13.3. The fraction of sp³-hybridized carbons (Fsp3) is 0.438. The SMILES string of the molecule is CCC1(C(F)(F)F)C=Cc2ccc(C(C)(C)C#N)cc2O1. The lowest BCUT2D eigenvalue weighted by Gasteiger charge is -2.36. The first kappa shape index (κ1) is 15.4. The molecule has 0 saturated carbocycles. The van der Waals surface area contributed by atoms with Crippen LogP contribution in [-0.2, 0) is 5.41 Å². The molecule has 1 atom stereocenters. The highest BCUT2D eigenvalue weighted by atomic mass is 19.4. The van der Waals surface area contributed by atoms with Crippen LogP contribution in [0.2, 0.25) is 0 Å². The van der Waals surface area contributed by atoms with Crippen LogP contribution in [0.3, 0.4) is 0 Å². The van der Waals surface area contributed by atoms with Crippen molar-refractivity contribution in [1.82, 2.24) is 0 Å². The minimum atomic E-state index is -4.49. The van der Waals surface area contributed by atoms with Crippen LogP contribution in [-0.4, -0.2) is 11.8 Å². The molecule has 0 bridgehead atoms. The molecule has 0 N–H and O–H groups in total. The van der Waals surface area contributed by atoms with Crippen molar-refractivity contribution in [2.75, 3.05) is 0 Å². The number of benzene rings is 1. The van der Waals surface area contributed by atoms with Gasteiger partial charge in [0, 0.05) is 5.56 Å². The van der Waals surface area contributed by atoms with Crippen molar-refractivity contribution >= 4 is 6.08 Å². The lowest BCUT2D eigenvalue weighted by molar-refractivity contribution is -0.230. The first-order valence-electron chi connectivity index (χ1n) is 6.66. The highest BCUT2D eigenvalue weighted by Crippen LogP contribution is 2.43. The van der Waals surface area contributed by atoms with Crippen LogP contribution in [0.5, 0.6) is 5.75 Å². The minimum Gasteiger partial charge on any atom is -0.473 e. The lowest BCUT2D eigenvalue weighted by Crippen LogP contribution is -2.49. The fourth-order valence-electron chi connectivity index (χ4n) is 2.21. The van der Waals surface area contributed by atoms with E-state index in [1.54, 1.807) is 26.0 Å². The molecular formula is C16H16F3NO. The van der Waals surface area contributed by atoms with Gasteiger partial charge in [0.05, 0.1) is 11.5 Å². The predicted molar refractivity (Wildman–Crippen MR) is 73.8 cm³/mol. The Bertz CT molecular complexity index is 625. The molecule has 21 heavy (non-hydrogen) atoms.